The predicted octanol–water partition coefficient (Wildman–Crippen LogP) is 2.12. The number of rotatable bonds is 3. The Labute approximate surface area is 130 Å². The molecule has 1 aliphatic rings. The van der Waals surface area contributed by atoms with E-state index in [1.165, 1.54) is 16.5 Å². The molecule has 1 saturated heterocycles. The molecule has 1 atom stereocenters. The molecule has 2 aromatic rings. The lowest BCUT2D eigenvalue weighted by atomic mass is 10.0. The summed E-state index contributed by atoms with van der Waals surface area (Å²) in [5, 5.41) is 4.17. The predicted molar refractivity (Wildman–Crippen MR) is 84.9 cm³/mol. The number of ether oxygens (including phenoxy) is 2. The van der Waals surface area contributed by atoms with Gasteiger partial charge >= 0.3 is 0 Å². The van der Waals surface area contributed by atoms with Gasteiger partial charge in [0.15, 0.2) is 6.10 Å². The van der Waals surface area contributed by atoms with Gasteiger partial charge < -0.3 is 19.8 Å². The second-order valence-corrected chi connectivity index (χ2v) is 5.87. The molecule has 2 N–H and O–H groups in total. The topological polar surface area (TPSA) is 63.4 Å². The number of aryl methyl sites for hydroxylation is 3. The van der Waals surface area contributed by atoms with Crippen LogP contribution in [-0.4, -0.2) is 36.8 Å². The van der Waals surface area contributed by atoms with E-state index in [1.54, 1.807) is 0 Å². The minimum atomic E-state index is -0.499. The van der Waals surface area contributed by atoms with Crippen LogP contribution in [0.2, 0.25) is 0 Å². The van der Waals surface area contributed by atoms with Crippen molar-refractivity contribution in [3.63, 3.8) is 0 Å². The Hall–Kier alpha value is -1.85. The molecule has 1 aromatic carbocycles. The molecule has 0 saturated carbocycles. The lowest BCUT2D eigenvalue weighted by Gasteiger charge is -2.22. The van der Waals surface area contributed by atoms with E-state index in [9.17, 15) is 4.79 Å². The highest BCUT2D eigenvalue weighted by Gasteiger charge is 2.22. The van der Waals surface area contributed by atoms with Crippen LogP contribution in [0.1, 0.15) is 22.4 Å². The van der Waals surface area contributed by atoms with Gasteiger partial charge in [0.25, 0.3) is 5.91 Å². The number of carbonyl (C=O) groups is 1. The van der Waals surface area contributed by atoms with Gasteiger partial charge in [-0.1, -0.05) is 11.6 Å². The summed E-state index contributed by atoms with van der Waals surface area (Å²) in [4.78, 5) is 15.6. The molecule has 1 aromatic heterocycles. The standard InChI is InChI=1S/C17H22N2O3/c1-10-6-13(16-14(7-10)11(2)12(3)19-16)8-18-17(20)15-9-21-4-5-22-15/h6-7,15,19H,4-5,8-9H2,1-3H3,(H,18,20)/t15-/m0/s1. The fourth-order valence-electron chi connectivity index (χ4n) is 2.86. The number of hydrogen-bond acceptors (Lipinski definition) is 3. The summed E-state index contributed by atoms with van der Waals surface area (Å²) in [7, 11) is 0. The molecule has 0 spiro atoms. The monoisotopic (exact) mass is 302 g/mol. The van der Waals surface area contributed by atoms with E-state index in [4.69, 9.17) is 9.47 Å². The first-order chi connectivity index (χ1) is 10.6. The van der Waals surface area contributed by atoms with Crippen LogP contribution in [0.5, 0.6) is 0 Å². The van der Waals surface area contributed by atoms with Crippen LogP contribution in [0.25, 0.3) is 10.9 Å². The van der Waals surface area contributed by atoms with Crippen molar-refractivity contribution >= 4 is 16.8 Å². The molecule has 22 heavy (non-hydrogen) atoms. The molecule has 0 aliphatic carbocycles. The Morgan fingerprint density at radius 2 is 2.14 bits per heavy atom. The zero-order chi connectivity index (χ0) is 15.7. The number of benzene rings is 1. The maximum absolute atomic E-state index is 12.1. The molecule has 2 heterocycles. The second kappa shape index (κ2) is 6.10. The third-order valence-corrected chi connectivity index (χ3v) is 4.20. The highest BCUT2D eigenvalue weighted by atomic mass is 16.6. The lowest BCUT2D eigenvalue weighted by molar-refractivity contribution is -0.147. The summed E-state index contributed by atoms with van der Waals surface area (Å²) in [5.74, 6) is -0.116. The Kier molecular flexibility index (Phi) is 4.18. The zero-order valence-electron chi connectivity index (χ0n) is 13.3. The lowest BCUT2D eigenvalue weighted by Crippen LogP contribution is -2.42. The van der Waals surface area contributed by atoms with E-state index in [1.807, 2.05) is 0 Å². The van der Waals surface area contributed by atoms with Gasteiger partial charge in [-0.05, 0) is 38.0 Å². The van der Waals surface area contributed by atoms with Gasteiger partial charge in [-0.2, -0.15) is 0 Å². The average molecular weight is 302 g/mol. The van der Waals surface area contributed by atoms with Crippen LogP contribution in [0.3, 0.4) is 0 Å². The molecule has 0 bridgehead atoms. The number of nitrogens with one attached hydrogen (secondary N) is 2. The highest BCUT2D eigenvalue weighted by Crippen LogP contribution is 2.26. The molecular formula is C17H22N2O3. The van der Waals surface area contributed by atoms with E-state index in [-0.39, 0.29) is 5.91 Å². The van der Waals surface area contributed by atoms with Gasteiger partial charge in [0.2, 0.25) is 0 Å². The van der Waals surface area contributed by atoms with Crippen LogP contribution in [-0.2, 0) is 20.8 Å². The Morgan fingerprint density at radius 1 is 1.32 bits per heavy atom. The number of hydrogen-bond donors (Lipinski definition) is 2. The van der Waals surface area contributed by atoms with Crippen molar-refractivity contribution in [2.24, 2.45) is 0 Å². The Balaban J connectivity index is 1.78. The van der Waals surface area contributed by atoms with Crippen LogP contribution in [0, 0.1) is 20.8 Å². The van der Waals surface area contributed by atoms with Crippen LogP contribution in [0.15, 0.2) is 12.1 Å². The average Bonchev–Trinajstić information content (AvgIpc) is 2.81. The first kappa shape index (κ1) is 15.1. The second-order valence-electron chi connectivity index (χ2n) is 5.87. The maximum atomic E-state index is 12.1. The van der Waals surface area contributed by atoms with Crippen molar-refractivity contribution in [2.75, 3.05) is 19.8 Å². The quantitative estimate of drug-likeness (QED) is 0.913. The third kappa shape index (κ3) is 2.87. The molecule has 118 valence electrons. The fraction of sp³-hybridized carbons (Fsp3) is 0.471. The third-order valence-electron chi connectivity index (χ3n) is 4.20. The fourth-order valence-corrected chi connectivity index (χ4v) is 2.86. The largest absolute Gasteiger partial charge is 0.376 e. The molecule has 0 radical (unpaired) electrons. The van der Waals surface area contributed by atoms with Gasteiger partial charge in [-0.15, -0.1) is 0 Å². The molecule has 5 nitrogen and oxygen atoms in total. The van der Waals surface area contributed by atoms with Crippen molar-refractivity contribution in [3.8, 4) is 0 Å². The van der Waals surface area contributed by atoms with E-state index in [0.717, 1.165) is 16.8 Å². The first-order valence-corrected chi connectivity index (χ1v) is 7.61. The van der Waals surface area contributed by atoms with Crippen molar-refractivity contribution in [3.05, 3.63) is 34.5 Å². The Morgan fingerprint density at radius 3 is 2.86 bits per heavy atom. The number of fused-ring (bicyclic) bond motifs is 1. The summed E-state index contributed by atoms with van der Waals surface area (Å²) < 4.78 is 10.7. The van der Waals surface area contributed by atoms with E-state index in [2.05, 4.69) is 43.2 Å². The van der Waals surface area contributed by atoms with E-state index >= 15 is 0 Å². The van der Waals surface area contributed by atoms with Gasteiger partial charge in [0.05, 0.1) is 25.3 Å². The minimum absolute atomic E-state index is 0.116. The summed E-state index contributed by atoms with van der Waals surface area (Å²) >= 11 is 0. The normalized spacial score (nSPS) is 18.6. The molecule has 1 fully saturated rings. The highest BCUT2D eigenvalue weighted by molar-refractivity contribution is 5.88. The van der Waals surface area contributed by atoms with Crippen LogP contribution >= 0.6 is 0 Å². The maximum Gasteiger partial charge on any atom is 0.251 e. The number of aromatic nitrogens is 1. The minimum Gasteiger partial charge on any atom is -0.376 e. The van der Waals surface area contributed by atoms with Crippen molar-refractivity contribution in [1.82, 2.24) is 10.3 Å². The molecule has 5 heteroatoms. The van der Waals surface area contributed by atoms with Crippen molar-refractivity contribution < 1.29 is 14.3 Å². The van der Waals surface area contributed by atoms with Crippen molar-refractivity contribution in [1.29, 1.82) is 0 Å². The SMILES string of the molecule is Cc1cc(CNC(=O)[C@@H]2COCCO2)c2[nH]c(C)c(C)c2c1. The van der Waals surface area contributed by atoms with E-state index < -0.39 is 6.10 Å². The van der Waals surface area contributed by atoms with Gasteiger partial charge in [-0.25, -0.2) is 0 Å². The summed E-state index contributed by atoms with van der Waals surface area (Å²) in [6, 6.07) is 4.29. The van der Waals surface area contributed by atoms with E-state index in [0.29, 0.717) is 26.4 Å². The molecule has 1 amide bonds. The molecular weight excluding hydrogens is 280 g/mol. The molecule has 0 unspecified atom stereocenters. The zero-order valence-corrected chi connectivity index (χ0v) is 13.3. The number of aromatic amines is 1. The van der Waals surface area contributed by atoms with Gasteiger partial charge in [0, 0.05) is 17.6 Å². The number of H-pyrrole nitrogens is 1. The number of carbonyl (C=O) groups excluding carboxylic acids is 1. The number of amides is 1. The first-order valence-electron chi connectivity index (χ1n) is 7.61. The van der Waals surface area contributed by atoms with Gasteiger partial charge in [0.1, 0.15) is 0 Å². The van der Waals surface area contributed by atoms with Crippen LogP contribution < -0.4 is 5.32 Å². The summed E-state index contributed by atoms with van der Waals surface area (Å²) in [6.07, 6.45) is -0.499. The van der Waals surface area contributed by atoms with Crippen LogP contribution in [0.4, 0.5) is 0 Å². The molecule has 3 rings (SSSR count). The Bertz CT molecular complexity index is 699. The summed E-state index contributed by atoms with van der Waals surface area (Å²) in [6.45, 7) is 8.10. The van der Waals surface area contributed by atoms with Gasteiger partial charge in [-0.3, -0.25) is 4.79 Å². The van der Waals surface area contributed by atoms with Crippen molar-refractivity contribution in [2.45, 2.75) is 33.4 Å². The smallest absolute Gasteiger partial charge is 0.251 e. The molecule has 1 aliphatic heterocycles. The summed E-state index contributed by atoms with van der Waals surface area (Å²) in [5.41, 5.74) is 5.81.